The van der Waals surface area contributed by atoms with E-state index in [4.69, 9.17) is 10.5 Å². The molecule has 1 rings (SSSR count). The van der Waals surface area contributed by atoms with Gasteiger partial charge in [-0.1, -0.05) is 27.7 Å². The van der Waals surface area contributed by atoms with Crippen LogP contribution in [0.25, 0.3) is 0 Å². The van der Waals surface area contributed by atoms with Gasteiger partial charge in [0.05, 0.1) is 12.9 Å². The second-order valence-corrected chi connectivity index (χ2v) is 5.50. The molecule has 0 atom stereocenters. The number of imidazole rings is 1. The van der Waals surface area contributed by atoms with Gasteiger partial charge in [0, 0.05) is 6.54 Å². The van der Waals surface area contributed by atoms with Crippen molar-refractivity contribution in [1.29, 1.82) is 0 Å². The Hall–Kier alpha value is -1.52. The smallest absolute Gasteiger partial charge is 0.360 e. The maximum Gasteiger partial charge on any atom is 0.360 e. The minimum Gasteiger partial charge on any atom is -0.461 e. The molecule has 0 aromatic carbocycles. The first-order valence-electron chi connectivity index (χ1n) is 6.86. The summed E-state index contributed by atoms with van der Waals surface area (Å²) in [5.41, 5.74) is 6.20. The fraction of sp³-hybridized carbons (Fsp3) is 0.714. The summed E-state index contributed by atoms with van der Waals surface area (Å²) in [5, 5.41) is 0. The Morgan fingerprint density at radius 3 is 2.42 bits per heavy atom. The van der Waals surface area contributed by atoms with Gasteiger partial charge in [0.25, 0.3) is 0 Å². The summed E-state index contributed by atoms with van der Waals surface area (Å²) < 4.78 is 6.77. The lowest BCUT2D eigenvalue weighted by molar-refractivity contribution is 0.0521. The number of hydrogen-bond acceptors (Lipinski definition) is 4. The van der Waals surface area contributed by atoms with E-state index in [9.17, 15) is 4.79 Å². The van der Waals surface area contributed by atoms with Gasteiger partial charge in [-0.15, -0.1) is 0 Å². The van der Waals surface area contributed by atoms with Crippen LogP contribution in [0.3, 0.4) is 0 Å². The number of nitrogens with zero attached hydrogens (tertiary/aromatic N) is 2. The number of anilines is 1. The van der Waals surface area contributed by atoms with E-state index in [-0.39, 0.29) is 5.69 Å². The van der Waals surface area contributed by atoms with E-state index in [1.165, 1.54) is 0 Å². The first kappa shape index (κ1) is 15.5. The van der Waals surface area contributed by atoms with Gasteiger partial charge in [-0.2, -0.15) is 0 Å². The third-order valence-corrected chi connectivity index (χ3v) is 3.47. The third-order valence-electron chi connectivity index (χ3n) is 3.47. The molecular formula is C14H25N3O2. The molecule has 0 spiro atoms. The SMILES string of the molecule is CCOC(=O)c1ncn(CC(C(C)C)C(C)C)c1N. The molecular weight excluding hydrogens is 242 g/mol. The van der Waals surface area contributed by atoms with E-state index < -0.39 is 5.97 Å². The molecule has 0 saturated carbocycles. The number of nitrogens with two attached hydrogens (primary N) is 1. The van der Waals surface area contributed by atoms with Gasteiger partial charge in [-0.3, -0.25) is 0 Å². The Morgan fingerprint density at radius 1 is 1.37 bits per heavy atom. The zero-order valence-electron chi connectivity index (χ0n) is 12.5. The summed E-state index contributed by atoms with van der Waals surface area (Å²) in [6, 6.07) is 0. The molecule has 1 heterocycles. The van der Waals surface area contributed by atoms with Crippen molar-refractivity contribution in [1.82, 2.24) is 9.55 Å². The van der Waals surface area contributed by atoms with Gasteiger partial charge in [-0.25, -0.2) is 9.78 Å². The highest BCUT2D eigenvalue weighted by molar-refractivity contribution is 5.92. The Bertz CT molecular complexity index is 416. The van der Waals surface area contributed by atoms with Crippen molar-refractivity contribution in [2.45, 2.75) is 41.2 Å². The maximum atomic E-state index is 11.7. The predicted molar refractivity (Wildman–Crippen MR) is 75.8 cm³/mol. The predicted octanol–water partition coefficient (Wildman–Crippen LogP) is 2.57. The van der Waals surface area contributed by atoms with Crippen LogP contribution in [0.5, 0.6) is 0 Å². The van der Waals surface area contributed by atoms with Crippen LogP contribution in [-0.2, 0) is 11.3 Å². The largest absolute Gasteiger partial charge is 0.461 e. The number of esters is 1. The van der Waals surface area contributed by atoms with Gasteiger partial charge in [0.1, 0.15) is 5.82 Å². The average Bonchev–Trinajstić information content (AvgIpc) is 2.67. The zero-order valence-corrected chi connectivity index (χ0v) is 12.5. The fourth-order valence-electron chi connectivity index (χ4n) is 2.31. The standard InChI is InChI=1S/C14H25N3O2/c1-6-19-14(18)12-13(15)17(8-16-12)7-11(9(2)3)10(4)5/h8-11H,6-7,15H2,1-5H3. The molecule has 0 fully saturated rings. The number of rotatable bonds is 6. The topological polar surface area (TPSA) is 70.1 Å². The number of hydrogen-bond donors (Lipinski definition) is 1. The van der Waals surface area contributed by atoms with Gasteiger partial charge in [0.15, 0.2) is 5.69 Å². The van der Waals surface area contributed by atoms with Gasteiger partial charge < -0.3 is 15.0 Å². The highest BCUT2D eigenvalue weighted by Gasteiger charge is 2.22. The summed E-state index contributed by atoms with van der Waals surface area (Å²) in [5.74, 6) is 1.53. The quantitative estimate of drug-likeness (QED) is 0.804. The third kappa shape index (κ3) is 3.72. The lowest BCUT2D eigenvalue weighted by Gasteiger charge is -2.25. The highest BCUT2D eigenvalue weighted by Crippen LogP contribution is 2.24. The minimum atomic E-state index is -0.454. The molecule has 1 aromatic rings. The summed E-state index contributed by atoms with van der Waals surface area (Å²) in [6.07, 6.45) is 1.62. The number of aromatic nitrogens is 2. The molecule has 0 aliphatic rings. The monoisotopic (exact) mass is 267 g/mol. The molecule has 0 unspecified atom stereocenters. The molecule has 0 amide bonds. The number of ether oxygens (including phenoxy) is 1. The van der Waals surface area contributed by atoms with Crippen molar-refractivity contribution in [2.24, 2.45) is 17.8 Å². The first-order chi connectivity index (χ1) is 8.88. The Morgan fingerprint density at radius 2 is 1.95 bits per heavy atom. The minimum absolute atomic E-state index is 0.216. The second kappa shape index (κ2) is 6.59. The van der Waals surface area contributed by atoms with E-state index >= 15 is 0 Å². The van der Waals surface area contributed by atoms with Gasteiger partial charge in [-0.05, 0) is 24.7 Å². The average molecular weight is 267 g/mol. The van der Waals surface area contributed by atoms with Crippen LogP contribution in [0.1, 0.15) is 45.1 Å². The van der Waals surface area contributed by atoms with Crippen LogP contribution in [-0.4, -0.2) is 22.1 Å². The molecule has 0 saturated heterocycles. The summed E-state index contributed by atoms with van der Waals surface area (Å²) in [7, 11) is 0. The van der Waals surface area contributed by atoms with Crippen LogP contribution in [0.2, 0.25) is 0 Å². The van der Waals surface area contributed by atoms with Crippen molar-refractivity contribution >= 4 is 11.8 Å². The fourth-order valence-corrected chi connectivity index (χ4v) is 2.31. The van der Waals surface area contributed by atoms with Crippen molar-refractivity contribution in [3.05, 3.63) is 12.0 Å². The molecule has 5 nitrogen and oxygen atoms in total. The number of nitrogen functional groups attached to an aromatic ring is 1. The lowest BCUT2D eigenvalue weighted by atomic mass is 9.85. The van der Waals surface area contributed by atoms with Gasteiger partial charge in [0.2, 0.25) is 0 Å². The zero-order chi connectivity index (χ0) is 14.6. The molecule has 0 aliphatic heterocycles. The number of carbonyl (C=O) groups excluding carboxylic acids is 1. The normalized spacial score (nSPS) is 11.6. The molecule has 2 N–H and O–H groups in total. The van der Waals surface area contributed by atoms with Crippen LogP contribution in [0, 0.1) is 17.8 Å². The van der Waals surface area contributed by atoms with Crippen molar-refractivity contribution in [3.8, 4) is 0 Å². The van der Waals surface area contributed by atoms with Crippen LogP contribution >= 0.6 is 0 Å². The van der Waals surface area contributed by atoms with E-state index in [0.717, 1.165) is 6.54 Å². The molecule has 19 heavy (non-hydrogen) atoms. The Kier molecular flexibility index (Phi) is 5.39. The van der Waals surface area contributed by atoms with Crippen LogP contribution < -0.4 is 5.73 Å². The first-order valence-corrected chi connectivity index (χ1v) is 6.86. The number of carbonyl (C=O) groups is 1. The summed E-state index contributed by atoms with van der Waals surface area (Å²) in [4.78, 5) is 15.7. The van der Waals surface area contributed by atoms with Crippen molar-refractivity contribution < 1.29 is 9.53 Å². The second-order valence-electron chi connectivity index (χ2n) is 5.50. The molecule has 1 aromatic heterocycles. The van der Waals surface area contributed by atoms with Crippen molar-refractivity contribution in [2.75, 3.05) is 12.3 Å². The van der Waals surface area contributed by atoms with E-state index in [1.54, 1.807) is 13.3 Å². The summed E-state index contributed by atoms with van der Waals surface area (Å²) >= 11 is 0. The molecule has 0 aliphatic carbocycles. The lowest BCUT2D eigenvalue weighted by Crippen LogP contribution is -2.22. The van der Waals surface area contributed by atoms with E-state index in [0.29, 0.717) is 30.2 Å². The van der Waals surface area contributed by atoms with Crippen LogP contribution in [0.4, 0.5) is 5.82 Å². The van der Waals surface area contributed by atoms with E-state index in [1.807, 2.05) is 4.57 Å². The van der Waals surface area contributed by atoms with Crippen LogP contribution in [0.15, 0.2) is 6.33 Å². The van der Waals surface area contributed by atoms with Crippen molar-refractivity contribution in [3.63, 3.8) is 0 Å². The molecule has 108 valence electrons. The Labute approximate surface area is 115 Å². The van der Waals surface area contributed by atoms with Gasteiger partial charge >= 0.3 is 5.97 Å². The molecule has 0 bridgehead atoms. The van der Waals surface area contributed by atoms with E-state index in [2.05, 4.69) is 32.7 Å². The maximum absolute atomic E-state index is 11.7. The molecule has 0 radical (unpaired) electrons. The highest BCUT2D eigenvalue weighted by atomic mass is 16.5. The summed E-state index contributed by atoms with van der Waals surface area (Å²) in [6.45, 7) is 11.7. The Balaban J connectivity index is 2.88. The molecule has 5 heteroatoms.